The van der Waals surface area contributed by atoms with E-state index in [1.807, 2.05) is 0 Å². The molecule has 7 heteroatoms. The maximum Gasteiger partial charge on any atom is 0.169 e. The van der Waals surface area contributed by atoms with Crippen molar-refractivity contribution in [3.05, 3.63) is 16.9 Å². The predicted octanol–water partition coefficient (Wildman–Crippen LogP) is 1.84. The van der Waals surface area contributed by atoms with E-state index in [1.54, 1.807) is 14.0 Å². The number of halogens is 2. The summed E-state index contributed by atoms with van der Waals surface area (Å²) in [5.74, 6) is -0.721. The lowest BCUT2D eigenvalue weighted by atomic mass is 10.0. The number of nitrogens with two attached hydrogens (primary N) is 2. The molecule has 0 aliphatic rings. The molecule has 1 aromatic carbocycles. The van der Waals surface area contributed by atoms with E-state index in [4.69, 9.17) is 27.8 Å². The van der Waals surface area contributed by atoms with Crippen LogP contribution in [-0.4, -0.2) is 31.0 Å². The van der Waals surface area contributed by atoms with E-state index in [2.05, 4.69) is 5.32 Å². The van der Waals surface area contributed by atoms with Crippen LogP contribution in [-0.2, 0) is 4.74 Å². The Morgan fingerprint density at radius 2 is 2.11 bits per heavy atom. The quantitative estimate of drug-likeness (QED) is 0.600. The topological polar surface area (TPSA) is 93.5 Å². The first kappa shape index (κ1) is 15.8. The fraction of sp³-hybridized carbons (Fsp3) is 0.500. The van der Waals surface area contributed by atoms with Gasteiger partial charge in [0, 0.05) is 26.7 Å². The van der Waals surface area contributed by atoms with Gasteiger partial charge in [-0.2, -0.15) is 0 Å². The van der Waals surface area contributed by atoms with Gasteiger partial charge in [0.25, 0.3) is 0 Å². The van der Waals surface area contributed by atoms with Crippen molar-refractivity contribution in [2.45, 2.75) is 18.9 Å². The number of hydrogen-bond acceptors (Lipinski definition) is 5. The van der Waals surface area contributed by atoms with Crippen LogP contribution in [0.15, 0.2) is 6.07 Å². The van der Waals surface area contributed by atoms with E-state index in [0.29, 0.717) is 13.0 Å². The number of methoxy groups -OCH3 is 1. The highest BCUT2D eigenvalue weighted by Gasteiger charge is 2.22. The highest BCUT2D eigenvalue weighted by atomic mass is 35.5. The molecule has 19 heavy (non-hydrogen) atoms. The highest BCUT2D eigenvalue weighted by molar-refractivity contribution is 6.33. The lowest BCUT2D eigenvalue weighted by Crippen LogP contribution is -2.35. The summed E-state index contributed by atoms with van der Waals surface area (Å²) in [6.07, 6.45) is 0.404. The third kappa shape index (κ3) is 4.12. The van der Waals surface area contributed by atoms with Gasteiger partial charge in [0.05, 0.1) is 22.7 Å². The van der Waals surface area contributed by atoms with Crippen LogP contribution in [0.3, 0.4) is 0 Å². The monoisotopic (exact) mass is 291 g/mol. The van der Waals surface area contributed by atoms with E-state index < -0.39 is 11.4 Å². The largest absolute Gasteiger partial charge is 0.397 e. The summed E-state index contributed by atoms with van der Waals surface area (Å²) < 4.78 is 18.8. The van der Waals surface area contributed by atoms with Gasteiger partial charge in [0.15, 0.2) is 5.82 Å². The minimum atomic E-state index is -1.05. The first-order chi connectivity index (χ1) is 8.78. The first-order valence-electron chi connectivity index (χ1n) is 5.76. The van der Waals surface area contributed by atoms with E-state index in [-0.39, 0.29) is 28.6 Å². The van der Waals surface area contributed by atoms with Gasteiger partial charge in [-0.05, 0) is 13.0 Å². The smallest absolute Gasteiger partial charge is 0.169 e. The Hall–Kier alpha value is -1.24. The van der Waals surface area contributed by atoms with Gasteiger partial charge in [-0.25, -0.2) is 4.39 Å². The summed E-state index contributed by atoms with van der Waals surface area (Å²) >= 11 is 5.71. The molecule has 0 fully saturated rings. The summed E-state index contributed by atoms with van der Waals surface area (Å²) in [6.45, 7) is 2.12. The third-order valence-electron chi connectivity index (χ3n) is 2.76. The highest BCUT2D eigenvalue weighted by Crippen LogP contribution is 2.33. The zero-order valence-corrected chi connectivity index (χ0v) is 11.7. The fourth-order valence-corrected chi connectivity index (χ4v) is 1.68. The number of nitrogen functional groups attached to an aromatic ring is 2. The molecule has 1 rings (SSSR count). The van der Waals surface area contributed by atoms with Gasteiger partial charge in [-0.3, -0.25) is 0 Å². The van der Waals surface area contributed by atoms with Gasteiger partial charge in [-0.1, -0.05) is 11.6 Å². The first-order valence-corrected chi connectivity index (χ1v) is 6.14. The Bertz CT molecular complexity index is 455. The van der Waals surface area contributed by atoms with Crippen LogP contribution in [0.2, 0.25) is 5.02 Å². The maximum absolute atomic E-state index is 13.9. The number of nitrogens with one attached hydrogen (secondary N) is 1. The number of benzene rings is 1. The van der Waals surface area contributed by atoms with Crippen LogP contribution in [0.4, 0.5) is 21.5 Å². The minimum absolute atomic E-state index is 0.0388. The molecule has 108 valence electrons. The zero-order chi connectivity index (χ0) is 14.6. The second-order valence-electron chi connectivity index (χ2n) is 4.65. The molecule has 0 saturated carbocycles. The van der Waals surface area contributed by atoms with Crippen molar-refractivity contribution in [1.82, 2.24) is 0 Å². The van der Waals surface area contributed by atoms with Crippen molar-refractivity contribution in [2.24, 2.45) is 0 Å². The standard InChI is InChI=1S/C12H19ClFN3O2/c1-12(18,3-4-19-2)6-17-11-8(16)5-7(15)9(13)10(11)14/h5,17-18H,3-4,6,15-16H2,1-2H3. The molecule has 6 N–H and O–H groups in total. The van der Waals surface area contributed by atoms with Crippen molar-refractivity contribution in [1.29, 1.82) is 0 Å². The Kier molecular flexibility index (Phi) is 5.22. The molecular formula is C12H19ClFN3O2. The Balaban J connectivity index is 2.81. The molecule has 0 saturated heterocycles. The second kappa shape index (κ2) is 6.27. The molecule has 5 nitrogen and oxygen atoms in total. The van der Waals surface area contributed by atoms with Crippen molar-refractivity contribution in [2.75, 3.05) is 37.0 Å². The molecule has 0 heterocycles. The summed E-state index contributed by atoms with van der Waals surface area (Å²) in [5.41, 5.74) is 10.4. The molecule has 0 aliphatic carbocycles. The molecule has 0 aliphatic heterocycles. The van der Waals surface area contributed by atoms with Gasteiger partial charge in [0.2, 0.25) is 0 Å². The molecule has 1 atom stereocenters. The van der Waals surface area contributed by atoms with Crippen LogP contribution in [0.5, 0.6) is 0 Å². The molecule has 0 radical (unpaired) electrons. The van der Waals surface area contributed by atoms with E-state index >= 15 is 0 Å². The lowest BCUT2D eigenvalue weighted by molar-refractivity contribution is 0.0357. The summed E-state index contributed by atoms with van der Waals surface area (Å²) in [6, 6.07) is 1.37. The Morgan fingerprint density at radius 1 is 1.47 bits per heavy atom. The lowest BCUT2D eigenvalue weighted by Gasteiger charge is -2.24. The average molecular weight is 292 g/mol. The normalized spacial score (nSPS) is 14.2. The summed E-state index contributed by atoms with van der Waals surface area (Å²) in [5, 5.41) is 12.6. The number of ether oxygens (including phenoxy) is 1. The van der Waals surface area contributed by atoms with Gasteiger partial charge in [0.1, 0.15) is 5.02 Å². The Morgan fingerprint density at radius 3 is 2.68 bits per heavy atom. The number of aliphatic hydroxyl groups is 1. The molecule has 0 spiro atoms. The zero-order valence-electron chi connectivity index (χ0n) is 11.0. The second-order valence-corrected chi connectivity index (χ2v) is 5.03. The summed E-state index contributed by atoms with van der Waals surface area (Å²) in [4.78, 5) is 0. The molecular weight excluding hydrogens is 273 g/mol. The summed E-state index contributed by atoms with van der Waals surface area (Å²) in [7, 11) is 1.54. The molecule has 0 bridgehead atoms. The van der Waals surface area contributed by atoms with Crippen LogP contribution < -0.4 is 16.8 Å². The van der Waals surface area contributed by atoms with E-state index in [0.717, 1.165) is 0 Å². The van der Waals surface area contributed by atoms with Crippen molar-refractivity contribution in [3.63, 3.8) is 0 Å². The van der Waals surface area contributed by atoms with Crippen LogP contribution in [0.1, 0.15) is 13.3 Å². The van der Waals surface area contributed by atoms with Crippen molar-refractivity contribution >= 4 is 28.7 Å². The maximum atomic E-state index is 13.9. The molecule has 1 unspecified atom stereocenters. The SMILES string of the molecule is COCCC(C)(O)CNc1c(N)cc(N)c(Cl)c1F. The van der Waals surface area contributed by atoms with Crippen molar-refractivity contribution < 1.29 is 14.2 Å². The molecule has 0 aromatic heterocycles. The third-order valence-corrected chi connectivity index (χ3v) is 3.14. The molecule has 1 aromatic rings. The van der Waals surface area contributed by atoms with Gasteiger partial charge in [-0.15, -0.1) is 0 Å². The number of hydrogen-bond donors (Lipinski definition) is 4. The minimum Gasteiger partial charge on any atom is -0.397 e. The molecule has 0 amide bonds. The van der Waals surface area contributed by atoms with E-state index in [1.165, 1.54) is 6.07 Å². The average Bonchev–Trinajstić information content (AvgIpc) is 2.33. The van der Waals surface area contributed by atoms with Crippen molar-refractivity contribution in [3.8, 4) is 0 Å². The van der Waals surface area contributed by atoms with Gasteiger partial charge >= 0.3 is 0 Å². The fourth-order valence-electron chi connectivity index (χ4n) is 1.54. The van der Waals surface area contributed by atoms with Crippen LogP contribution >= 0.6 is 11.6 Å². The number of anilines is 3. The van der Waals surface area contributed by atoms with Crippen LogP contribution in [0, 0.1) is 5.82 Å². The van der Waals surface area contributed by atoms with Crippen LogP contribution in [0.25, 0.3) is 0 Å². The van der Waals surface area contributed by atoms with E-state index in [9.17, 15) is 9.50 Å². The van der Waals surface area contributed by atoms with Gasteiger partial charge < -0.3 is 26.6 Å². The Labute approximate surface area is 116 Å². The number of rotatable bonds is 6. The predicted molar refractivity (Wildman–Crippen MR) is 75.8 cm³/mol.